The van der Waals surface area contributed by atoms with Gasteiger partial charge in [-0.2, -0.15) is 0 Å². The van der Waals surface area contributed by atoms with Gasteiger partial charge in [-0.05, 0) is 128 Å². The summed E-state index contributed by atoms with van der Waals surface area (Å²) in [5.74, 6) is -0.928. The fourth-order valence-corrected chi connectivity index (χ4v) is 8.09. The second-order valence-corrected chi connectivity index (χ2v) is 19.8. The first kappa shape index (κ1) is 70.5. The quantitative estimate of drug-likeness (QED) is 0.0261. The zero-order chi connectivity index (χ0) is 54.3. The Morgan fingerprint density at radius 2 is 0.520 bits per heavy atom. The molecule has 0 aliphatic rings. The Morgan fingerprint density at radius 1 is 0.280 bits per heavy atom. The van der Waals surface area contributed by atoms with E-state index >= 15 is 0 Å². The van der Waals surface area contributed by atoms with Crippen molar-refractivity contribution in [3.05, 3.63) is 134 Å². The van der Waals surface area contributed by atoms with E-state index < -0.39 is 6.10 Å². The molecule has 0 saturated carbocycles. The van der Waals surface area contributed by atoms with Crippen molar-refractivity contribution in [1.82, 2.24) is 0 Å². The van der Waals surface area contributed by atoms with E-state index in [4.69, 9.17) is 14.2 Å². The van der Waals surface area contributed by atoms with Crippen LogP contribution in [0.4, 0.5) is 0 Å². The van der Waals surface area contributed by atoms with E-state index in [9.17, 15) is 14.4 Å². The van der Waals surface area contributed by atoms with Gasteiger partial charge in [-0.15, -0.1) is 0 Å². The minimum atomic E-state index is -0.799. The Bertz CT molecular complexity index is 1620. The van der Waals surface area contributed by atoms with Crippen LogP contribution in [-0.2, 0) is 28.6 Å². The molecule has 1 atom stereocenters. The van der Waals surface area contributed by atoms with E-state index in [0.717, 1.165) is 161 Å². The summed E-state index contributed by atoms with van der Waals surface area (Å²) < 4.78 is 16.9. The molecule has 0 spiro atoms. The van der Waals surface area contributed by atoms with Crippen LogP contribution in [0.2, 0.25) is 0 Å². The van der Waals surface area contributed by atoms with E-state index in [1.807, 2.05) is 0 Å². The predicted octanol–water partition coefficient (Wildman–Crippen LogP) is 21.0. The third-order valence-corrected chi connectivity index (χ3v) is 12.6. The maximum Gasteiger partial charge on any atom is 0.306 e. The predicted molar refractivity (Wildman–Crippen MR) is 325 cm³/mol. The average molecular weight is 1040 g/mol. The SMILES string of the molecule is CC/C=C\C/C=C\C/C=C\C/C=C\C/C=C\CCCCCCCCCC(=O)OCC(COC(=O)CCCCCCC/C=C\C/C=C\CCC)OC(=O)CCCCCCCCCC/C=C\C/C=C\C/C=C\C/C=C\CC. The number of unbranched alkanes of at least 4 members (excludes halogenated alkanes) is 21. The highest BCUT2D eigenvalue weighted by atomic mass is 16.6. The van der Waals surface area contributed by atoms with Crippen molar-refractivity contribution < 1.29 is 28.6 Å². The van der Waals surface area contributed by atoms with Crippen LogP contribution in [-0.4, -0.2) is 37.2 Å². The summed E-state index contributed by atoms with van der Waals surface area (Å²) in [4.78, 5) is 38.3. The molecule has 0 amide bonds. The summed E-state index contributed by atoms with van der Waals surface area (Å²) in [5, 5.41) is 0. The maximum absolute atomic E-state index is 12.9. The Balaban J connectivity index is 4.41. The molecule has 0 bridgehead atoms. The molecular formula is C69H112O6. The number of rotatable bonds is 54. The molecule has 0 heterocycles. The van der Waals surface area contributed by atoms with Crippen molar-refractivity contribution in [2.24, 2.45) is 0 Å². The number of allylic oxidation sites excluding steroid dienone is 22. The van der Waals surface area contributed by atoms with Crippen molar-refractivity contribution in [2.45, 2.75) is 271 Å². The van der Waals surface area contributed by atoms with Gasteiger partial charge >= 0.3 is 17.9 Å². The molecule has 0 radical (unpaired) electrons. The molecule has 0 saturated heterocycles. The molecule has 0 aliphatic heterocycles. The fourth-order valence-electron chi connectivity index (χ4n) is 8.09. The molecule has 0 fully saturated rings. The van der Waals surface area contributed by atoms with Crippen LogP contribution in [0.1, 0.15) is 265 Å². The van der Waals surface area contributed by atoms with Crippen LogP contribution in [0, 0.1) is 0 Å². The van der Waals surface area contributed by atoms with Gasteiger partial charge in [0.2, 0.25) is 0 Å². The number of hydrogen-bond acceptors (Lipinski definition) is 6. The highest BCUT2D eigenvalue weighted by Gasteiger charge is 2.19. The van der Waals surface area contributed by atoms with Gasteiger partial charge in [0.1, 0.15) is 13.2 Å². The Morgan fingerprint density at radius 3 is 0.813 bits per heavy atom. The Kier molecular flexibility index (Phi) is 58.4. The second kappa shape index (κ2) is 62.1. The summed E-state index contributed by atoms with van der Waals surface area (Å²) in [5.41, 5.74) is 0. The zero-order valence-corrected chi connectivity index (χ0v) is 48.5. The normalized spacial score (nSPS) is 13.1. The first-order valence-electron chi connectivity index (χ1n) is 30.7. The zero-order valence-electron chi connectivity index (χ0n) is 48.5. The second-order valence-electron chi connectivity index (χ2n) is 19.8. The lowest BCUT2D eigenvalue weighted by atomic mass is 10.1. The number of ether oxygens (including phenoxy) is 3. The molecule has 6 heteroatoms. The van der Waals surface area contributed by atoms with Crippen LogP contribution in [0.25, 0.3) is 0 Å². The van der Waals surface area contributed by atoms with Gasteiger partial charge in [0.05, 0.1) is 0 Å². The summed E-state index contributed by atoms with van der Waals surface area (Å²) in [6.07, 6.45) is 87.3. The largest absolute Gasteiger partial charge is 0.462 e. The molecule has 0 aliphatic carbocycles. The van der Waals surface area contributed by atoms with Crippen molar-refractivity contribution >= 4 is 17.9 Å². The van der Waals surface area contributed by atoms with Crippen LogP contribution >= 0.6 is 0 Å². The molecule has 0 N–H and O–H groups in total. The number of carbonyl (C=O) groups is 3. The molecule has 424 valence electrons. The lowest BCUT2D eigenvalue weighted by Gasteiger charge is -2.18. The summed E-state index contributed by atoms with van der Waals surface area (Å²) in [6.45, 7) is 6.32. The molecular weight excluding hydrogens is 925 g/mol. The third-order valence-electron chi connectivity index (χ3n) is 12.6. The number of esters is 3. The van der Waals surface area contributed by atoms with E-state index in [2.05, 4.69) is 154 Å². The molecule has 0 aromatic rings. The van der Waals surface area contributed by atoms with Crippen LogP contribution in [0.5, 0.6) is 0 Å². The lowest BCUT2D eigenvalue weighted by molar-refractivity contribution is -0.167. The van der Waals surface area contributed by atoms with Gasteiger partial charge in [0, 0.05) is 19.3 Å². The topological polar surface area (TPSA) is 78.9 Å². The van der Waals surface area contributed by atoms with Crippen molar-refractivity contribution in [3.63, 3.8) is 0 Å². The molecule has 0 rings (SSSR count). The van der Waals surface area contributed by atoms with E-state index in [1.165, 1.54) is 64.2 Å². The van der Waals surface area contributed by atoms with E-state index in [1.54, 1.807) is 0 Å². The van der Waals surface area contributed by atoms with Crippen molar-refractivity contribution in [2.75, 3.05) is 13.2 Å². The van der Waals surface area contributed by atoms with Gasteiger partial charge < -0.3 is 14.2 Å². The number of hydrogen-bond donors (Lipinski definition) is 0. The minimum absolute atomic E-state index is 0.0957. The maximum atomic E-state index is 12.9. The molecule has 75 heavy (non-hydrogen) atoms. The highest BCUT2D eigenvalue weighted by Crippen LogP contribution is 2.15. The Hall–Kier alpha value is -4.45. The van der Waals surface area contributed by atoms with Crippen LogP contribution < -0.4 is 0 Å². The lowest BCUT2D eigenvalue weighted by Crippen LogP contribution is -2.30. The third kappa shape index (κ3) is 60.3. The molecule has 1 unspecified atom stereocenters. The van der Waals surface area contributed by atoms with E-state index in [0.29, 0.717) is 19.3 Å². The smallest absolute Gasteiger partial charge is 0.306 e. The van der Waals surface area contributed by atoms with Gasteiger partial charge in [0.15, 0.2) is 6.10 Å². The van der Waals surface area contributed by atoms with E-state index in [-0.39, 0.29) is 31.1 Å². The Labute approximate surface area is 462 Å². The average Bonchev–Trinajstić information content (AvgIpc) is 3.41. The molecule has 0 aromatic carbocycles. The summed E-state index contributed by atoms with van der Waals surface area (Å²) in [6, 6.07) is 0. The first-order chi connectivity index (χ1) is 37.0. The standard InChI is InChI=1S/C69H112O6/c1-4-7-10-13-16-19-22-25-27-29-31-33-34-36-37-39-41-44-47-50-53-56-59-62-68(71)74-65-66(64-73-67(70)61-58-55-52-49-46-43-24-21-18-15-12-9-6-3)75-69(72)63-60-57-54-51-48-45-42-40-38-35-32-30-28-26-23-20-17-14-11-8-5-2/h7-8,10-12,15-17,19-21,24-28,31-33,35-37,66H,4-6,9,13-14,18,22-23,29-30,34,38-65H2,1-3H3/b10-7-,11-8-,15-12-,19-16-,20-17-,24-21-,27-25-,28-26-,33-31-,35-32-,37-36-. The number of carbonyl (C=O) groups excluding carboxylic acids is 3. The highest BCUT2D eigenvalue weighted by molar-refractivity contribution is 5.71. The van der Waals surface area contributed by atoms with Crippen molar-refractivity contribution in [1.29, 1.82) is 0 Å². The van der Waals surface area contributed by atoms with Crippen LogP contribution in [0.3, 0.4) is 0 Å². The molecule has 0 aromatic heterocycles. The van der Waals surface area contributed by atoms with Gasteiger partial charge in [-0.25, -0.2) is 0 Å². The monoisotopic (exact) mass is 1040 g/mol. The first-order valence-corrected chi connectivity index (χ1v) is 30.7. The van der Waals surface area contributed by atoms with Gasteiger partial charge in [-0.1, -0.05) is 251 Å². The summed E-state index contributed by atoms with van der Waals surface area (Å²) in [7, 11) is 0. The van der Waals surface area contributed by atoms with Crippen molar-refractivity contribution in [3.8, 4) is 0 Å². The summed E-state index contributed by atoms with van der Waals surface area (Å²) >= 11 is 0. The van der Waals surface area contributed by atoms with Crippen LogP contribution in [0.15, 0.2) is 134 Å². The minimum Gasteiger partial charge on any atom is -0.462 e. The van der Waals surface area contributed by atoms with Gasteiger partial charge in [0.25, 0.3) is 0 Å². The fraction of sp³-hybridized carbons (Fsp3) is 0.638. The van der Waals surface area contributed by atoms with Gasteiger partial charge in [-0.3, -0.25) is 14.4 Å². The molecule has 6 nitrogen and oxygen atoms in total.